The van der Waals surface area contributed by atoms with Crippen molar-refractivity contribution >= 4 is 40.7 Å². The van der Waals surface area contributed by atoms with Crippen LogP contribution in [-0.4, -0.2) is 38.6 Å². The Labute approximate surface area is 231 Å². The van der Waals surface area contributed by atoms with Crippen LogP contribution in [0.2, 0.25) is 5.02 Å². The fourth-order valence-corrected chi connectivity index (χ4v) is 4.95. The summed E-state index contributed by atoms with van der Waals surface area (Å²) >= 11 is 6.16. The van der Waals surface area contributed by atoms with Crippen LogP contribution >= 0.6 is 11.6 Å². The van der Waals surface area contributed by atoms with Gasteiger partial charge in [0.2, 0.25) is 5.91 Å². The molecule has 39 heavy (non-hydrogen) atoms. The van der Waals surface area contributed by atoms with E-state index in [1.54, 1.807) is 59.8 Å². The van der Waals surface area contributed by atoms with E-state index in [-0.39, 0.29) is 30.7 Å². The minimum absolute atomic E-state index is 0.183. The molecule has 1 aliphatic rings. The molecule has 196 valence electrons. The summed E-state index contributed by atoms with van der Waals surface area (Å²) in [4.78, 5) is 50.1. The van der Waals surface area contributed by atoms with Crippen molar-refractivity contribution in [3.8, 4) is 0 Å². The van der Waals surface area contributed by atoms with Crippen LogP contribution in [0.5, 0.6) is 0 Å². The lowest BCUT2D eigenvalue weighted by atomic mass is 10.0. The first-order valence-electron chi connectivity index (χ1n) is 12.4. The molecule has 2 aromatic carbocycles. The van der Waals surface area contributed by atoms with Crippen LogP contribution < -0.4 is 10.6 Å². The number of nitrogens with zero attached hydrogens (tertiary/aromatic N) is 3. The average Bonchev–Trinajstić information content (AvgIpc) is 3.01. The Balaban J connectivity index is 1.48. The molecule has 0 fully saturated rings. The Morgan fingerprint density at radius 2 is 1.69 bits per heavy atom. The van der Waals surface area contributed by atoms with Crippen LogP contribution in [0.1, 0.15) is 43.2 Å². The van der Waals surface area contributed by atoms with E-state index < -0.39 is 6.04 Å². The van der Waals surface area contributed by atoms with Crippen molar-refractivity contribution in [2.24, 2.45) is 0 Å². The number of amides is 3. The number of anilines is 2. The largest absolute Gasteiger partial charge is 0.323 e. The third-order valence-electron chi connectivity index (χ3n) is 6.62. The second kappa shape index (κ2) is 11.0. The predicted octanol–water partition coefficient (Wildman–Crippen LogP) is 5.20. The van der Waals surface area contributed by atoms with Crippen molar-refractivity contribution in [3.05, 3.63) is 118 Å². The quantitative estimate of drug-likeness (QED) is 0.350. The third-order valence-corrected chi connectivity index (χ3v) is 6.85. The van der Waals surface area contributed by atoms with Gasteiger partial charge in [-0.1, -0.05) is 35.9 Å². The number of fused-ring (bicyclic) bond motifs is 1. The molecule has 3 amide bonds. The van der Waals surface area contributed by atoms with Crippen LogP contribution in [0.15, 0.2) is 79.1 Å². The molecule has 8 nitrogen and oxygen atoms in total. The van der Waals surface area contributed by atoms with Crippen LogP contribution in [0.25, 0.3) is 0 Å². The Bertz CT molecular complexity index is 1540. The molecular weight excluding hydrogens is 514 g/mol. The van der Waals surface area contributed by atoms with E-state index in [4.69, 9.17) is 11.6 Å². The van der Waals surface area contributed by atoms with Crippen LogP contribution in [-0.2, 0) is 17.8 Å². The first-order chi connectivity index (χ1) is 18.8. The minimum Gasteiger partial charge on any atom is -0.323 e. The number of aryl methyl sites for hydroxylation is 2. The zero-order chi connectivity index (χ0) is 27.5. The van der Waals surface area contributed by atoms with Gasteiger partial charge >= 0.3 is 0 Å². The highest BCUT2D eigenvalue weighted by Crippen LogP contribution is 2.30. The monoisotopic (exact) mass is 539 g/mol. The molecule has 0 saturated heterocycles. The van der Waals surface area contributed by atoms with Gasteiger partial charge in [-0.25, -0.2) is 0 Å². The first-order valence-corrected chi connectivity index (χ1v) is 12.8. The van der Waals surface area contributed by atoms with E-state index >= 15 is 0 Å². The van der Waals surface area contributed by atoms with Gasteiger partial charge in [-0.05, 0) is 73.0 Å². The predicted molar refractivity (Wildman–Crippen MR) is 150 cm³/mol. The van der Waals surface area contributed by atoms with Gasteiger partial charge in [0.1, 0.15) is 11.7 Å². The topological polar surface area (TPSA) is 104 Å². The lowest BCUT2D eigenvalue weighted by molar-refractivity contribution is -0.120. The number of hydrogen-bond donors (Lipinski definition) is 2. The molecule has 9 heteroatoms. The molecule has 0 unspecified atom stereocenters. The van der Waals surface area contributed by atoms with E-state index in [0.717, 1.165) is 16.7 Å². The summed E-state index contributed by atoms with van der Waals surface area (Å²) in [5.74, 6) is -0.911. The zero-order valence-corrected chi connectivity index (χ0v) is 22.2. The molecule has 4 aromatic rings. The van der Waals surface area contributed by atoms with Crippen molar-refractivity contribution in [1.29, 1.82) is 0 Å². The Hall–Kier alpha value is -4.56. The number of nitrogens with one attached hydrogen (secondary N) is 2. The summed E-state index contributed by atoms with van der Waals surface area (Å²) < 4.78 is 0. The molecule has 0 spiro atoms. The van der Waals surface area contributed by atoms with Crippen molar-refractivity contribution in [2.45, 2.75) is 32.9 Å². The van der Waals surface area contributed by atoms with E-state index in [1.807, 2.05) is 38.1 Å². The second-order valence-electron chi connectivity index (χ2n) is 9.43. The van der Waals surface area contributed by atoms with Crippen LogP contribution in [0, 0.1) is 13.8 Å². The molecule has 0 radical (unpaired) electrons. The fourth-order valence-electron chi connectivity index (χ4n) is 4.78. The molecule has 0 bridgehead atoms. The normalized spacial score (nSPS) is 14.8. The zero-order valence-electron chi connectivity index (χ0n) is 21.4. The van der Waals surface area contributed by atoms with Crippen LogP contribution in [0.4, 0.5) is 11.4 Å². The van der Waals surface area contributed by atoms with Gasteiger partial charge in [0.05, 0.1) is 11.3 Å². The minimum atomic E-state index is -0.803. The Morgan fingerprint density at radius 3 is 2.36 bits per heavy atom. The average molecular weight is 540 g/mol. The number of carbonyl (C=O) groups is 3. The van der Waals surface area contributed by atoms with Crippen molar-refractivity contribution in [3.63, 3.8) is 0 Å². The van der Waals surface area contributed by atoms with E-state index in [1.165, 1.54) is 0 Å². The first kappa shape index (κ1) is 26.1. The maximum absolute atomic E-state index is 13.8. The summed E-state index contributed by atoms with van der Waals surface area (Å²) in [6, 6.07) is 18.5. The maximum atomic E-state index is 13.8. The number of benzene rings is 2. The van der Waals surface area contributed by atoms with E-state index in [9.17, 15) is 14.4 Å². The summed E-state index contributed by atoms with van der Waals surface area (Å²) in [5, 5.41) is 6.25. The summed E-state index contributed by atoms with van der Waals surface area (Å²) in [7, 11) is 0. The summed E-state index contributed by atoms with van der Waals surface area (Å²) in [5.41, 5.74) is 4.92. The van der Waals surface area contributed by atoms with Gasteiger partial charge in [0, 0.05) is 41.8 Å². The van der Waals surface area contributed by atoms with Gasteiger partial charge < -0.3 is 15.5 Å². The Morgan fingerprint density at radius 1 is 0.974 bits per heavy atom. The fraction of sp³-hybridized carbons (Fsp3) is 0.167. The molecule has 2 N–H and O–H groups in total. The van der Waals surface area contributed by atoms with Crippen molar-refractivity contribution in [1.82, 2.24) is 14.9 Å². The SMILES string of the molecule is Cc1cc(CN2C(=O)c3ccc(Cl)cc3NC(=O)[C@H]2Cc2ccccn2)cc(C)c1NC(=O)c1ccccn1. The smallest absolute Gasteiger partial charge is 0.274 e. The molecule has 2 aromatic heterocycles. The molecule has 0 aliphatic carbocycles. The number of aromatic nitrogens is 2. The van der Waals surface area contributed by atoms with Crippen LogP contribution in [0.3, 0.4) is 0 Å². The molecule has 1 atom stereocenters. The highest BCUT2D eigenvalue weighted by molar-refractivity contribution is 6.31. The standard InChI is InChI=1S/C30H26ClN5O3/c1-18-13-20(14-19(2)27(18)35-28(37)24-8-4-6-12-33-24)17-36-26(16-22-7-3-5-11-32-22)29(38)34-25-15-21(31)9-10-23(25)30(36)39/h3-15,26H,16-17H2,1-2H3,(H,34,38)(H,35,37)/t26-/m1/s1. The van der Waals surface area contributed by atoms with Gasteiger partial charge in [0.15, 0.2) is 0 Å². The summed E-state index contributed by atoms with van der Waals surface area (Å²) in [6.45, 7) is 3.97. The van der Waals surface area contributed by atoms with Gasteiger partial charge in [-0.2, -0.15) is 0 Å². The Kier molecular flexibility index (Phi) is 7.38. The molecular formula is C30H26ClN5O3. The second-order valence-corrected chi connectivity index (χ2v) is 9.86. The van der Waals surface area contributed by atoms with Gasteiger partial charge in [0.25, 0.3) is 11.8 Å². The van der Waals surface area contributed by atoms with Gasteiger partial charge in [-0.15, -0.1) is 0 Å². The maximum Gasteiger partial charge on any atom is 0.274 e. The molecule has 5 rings (SSSR count). The highest BCUT2D eigenvalue weighted by Gasteiger charge is 2.36. The third kappa shape index (κ3) is 5.66. The van der Waals surface area contributed by atoms with Gasteiger partial charge in [-0.3, -0.25) is 24.4 Å². The number of hydrogen-bond acceptors (Lipinski definition) is 5. The summed E-state index contributed by atoms with van der Waals surface area (Å²) in [6.07, 6.45) is 3.48. The lowest BCUT2D eigenvalue weighted by Gasteiger charge is -2.29. The molecule has 1 aliphatic heterocycles. The van der Waals surface area contributed by atoms with E-state index in [2.05, 4.69) is 20.6 Å². The lowest BCUT2D eigenvalue weighted by Crippen LogP contribution is -2.46. The molecule has 3 heterocycles. The van der Waals surface area contributed by atoms with E-state index in [0.29, 0.717) is 33.3 Å². The number of carbonyl (C=O) groups excluding carboxylic acids is 3. The highest BCUT2D eigenvalue weighted by atomic mass is 35.5. The molecule has 0 saturated carbocycles. The number of rotatable bonds is 6. The number of halogens is 1. The van der Waals surface area contributed by atoms with Crippen molar-refractivity contribution in [2.75, 3.05) is 10.6 Å². The van der Waals surface area contributed by atoms with Crippen molar-refractivity contribution < 1.29 is 14.4 Å². The number of pyridine rings is 2.